The number of amides is 1. The van der Waals surface area contributed by atoms with Crippen molar-refractivity contribution in [1.29, 1.82) is 0 Å². The zero-order chi connectivity index (χ0) is 26.3. The Morgan fingerprint density at radius 2 is 1.94 bits per heavy atom. The van der Waals surface area contributed by atoms with Crippen molar-refractivity contribution in [2.24, 2.45) is 0 Å². The molecule has 1 aromatic carbocycles. The summed E-state index contributed by atoms with van der Waals surface area (Å²) in [6.45, 7) is 4.03. The Balaban J connectivity index is 2.04. The Morgan fingerprint density at radius 1 is 1.17 bits per heavy atom. The lowest BCUT2D eigenvalue weighted by Gasteiger charge is -2.36. The van der Waals surface area contributed by atoms with Crippen molar-refractivity contribution < 1.29 is 31.9 Å². The number of aromatic amines is 1. The number of aromatic nitrogens is 4. The van der Waals surface area contributed by atoms with Crippen LogP contribution in [-0.2, 0) is 23.2 Å². The van der Waals surface area contributed by atoms with Gasteiger partial charge in [-0.25, -0.2) is 4.39 Å². The fourth-order valence-electron chi connectivity index (χ4n) is 3.53. The topological polar surface area (TPSA) is 110 Å². The van der Waals surface area contributed by atoms with E-state index < -0.39 is 47.6 Å². The molecule has 0 aliphatic carbocycles. The Hall–Kier alpha value is -3.35. The van der Waals surface area contributed by atoms with Gasteiger partial charge in [0.2, 0.25) is 5.91 Å². The Kier molecular flexibility index (Phi) is 8.77. The van der Waals surface area contributed by atoms with Gasteiger partial charge in [-0.2, -0.15) is 18.4 Å². The van der Waals surface area contributed by atoms with Crippen LogP contribution in [-0.4, -0.2) is 45.1 Å². The van der Waals surface area contributed by atoms with E-state index in [1.54, 1.807) is 6.07 Å². The molecule has 3 aromatic rings. The van der Waals surface area contributed by atoms with E-state index in [0.717, 1.165) is 34.8 Å². The first-order valence-electron chi connectivity index (χ1n) is 11.2. The van der Waals surface area contributed by atoms with Gasteiger partial charge in [0.1, 0.15) is 11.6 Å². The minimum Gasteiger partial charge on any atom is -0.493 e. The normalized spacial score (nSPS) is 13.3. The van der Waals surface area contributed by atoms with Gasteiger partial charge >= 0.3 is 6.18 Å². The van der Waals surface area contributed by atoms with E-state index in [-0.39, 0.29) is 23.1 Å². The molecule has 2 aromatic heterocycles. The van der Waals surface area contributed by atoms with Crippen LogP contribution in [0.3, 0.4) is 0 Å². The van der Waals surface area contributed by atoms with Crippen LogP contribution in [0.2, 0.25) is 0 Å². The highest BCUT2D eigenvalue weighted by atomic mass is 32.1. The highest BCUT2D eigenvalue weighted by molar-refractivity contribution is 7.14. The Bertz CT molecular complexity index is 1180. The molecule has 0 fully saturated rings. The maximum atomic E-state index is 15.2. The van der Waals surface area contributed by atoms with E-state index in [4.69, 9.17) is 4.74 Å². The highest BCUT2D eigenvalue weighted by Crippen LogP contribution is 2.44. The van der Waals surface area contributed by atoms with Crippen LogP contribution in [0.1, 0.15) is 59.0 Å². The molecule has 0 bridgehead atoms. The second-order valence-electron chi connectivity index (χ2n) is 8.02. The number of carbonyl (C=O) groups excluding carboxylic acids is 2. The molecule has 1 atom stereocenters. The van der Waals surface area contributed by atoms with Gasteiger partial charge in [-0.15, -0.1) is 21.5 Å². The summed E-state index contributed by atoms with van der Waals surface area (Å²) < 4.78 is 64.9. The summed E-state index contributed by atoms with van der Waals surface area (Å²) in [4.78, 5) is 26.6. The molecule has 1 unspecified atom stereocenters. The van der Waals surface area contributed by atoms with Gasteiger partial charge < -0.3 is 10.1 Å². The summed E-state index contributed by atoms with van der Waals surface area (Å²) in [5.74, 6) is -3.45. The molecule has 0 aliphatic heterocycles. The van der Waals surface area contributed by atoms with Crippen LogP contribution >= 0.6 is 11.3 Å². The lowest BCUT2D eigenvalue weighted by atomic mass is 9.83. The quantitative estimate of drug-likeness (QED) is 0.204. The molecule has 36 heavy (non-hydrogen) atoms. The summed E-state index contributed by atoms with van der Waals surface area (Å²) in [5.41, 5.74) is -4.26. The summed E-state index contributed by atoms with van der Waals surface area (Å²) in [6.07, 6.45) is -5.07. The van der Waals surface area contributed by atoms with Gasteiger partial charge in [-0.05, 0) is 37.1 Å². The number of Topliss-reactive ketones (excluding diaryl/α,β-unsaturated/α-hetero) is 1. The number of nitrogens with zero attached hydrogens (tertiary/aromatic N) is 3. The number of rotatable bonds is 12. The number of tetrazole rings is 1. The smallest absolute Gasteiger partial charge is 0.416 e. The molecular formula is C23H25F4N5O3S. The summed E-state index contributed by atoms with van der Waals surface area (Å²) >= 11 is 1.05. The molecule has 0 spiro atoms. The third kappa shape index (κ3) is 6.25. The van der Waals surface area contributed by atoms with E-state index in [2.05, 4.69) is 20.6 Å². The van der Waals surface area contributed by atoms with Gasteiger partial charge in [0.15, 0.2) is 17.1 Å². The van der Waals surface area contributed by atoms with Gasteiger partial charge in [-0.1, -0.05) is 25.5 Å². The minimum atomic E-state index is -5.24. The number of ketones is 1. The SMILES string of the molecule is CCCCOc1ccc(C(CC(=O)c2ccc(CC)s2)(NC(=O)Cc2nn[nH]n2)C(F)(F)F)c(F)c1. The van der Waals surface area contributed by atoms with Crippen molar-refractivity contribution in [1.82, 2.24) is 25.9 Å². The average Bonchev–Trinajstić information content (AvgIpc) is 3.50. The lowest BCUT2D eigenvalue weighted by molar-refractivity contribution is -0.202. The first-order chi connectivity index (χ1) is 17.1. The number of alkyl halides is 3. The zero-order valence-corrected chi connectivity index (χ0v) is 20.4. The molecule has 0 saturated heterocycles. The second kappa shape index (κ2) is 11.6. The number of hydrogen-bond donors (Lipinski definition) is 2. The molecule has 13 heteroatoms. The number of ether oxygens (including phenoxy) is 1. The van der Waals surface area contributed by atoms with Crippen LogP contribution in [0.4, 0.5) is 17.6 Å². The van der Waals surface area contributed by atoms with Crippen molar-refractivity contribution in [3.63, 3.8) is 0 Å². The Labute approximate surface area is 208 Å². The molecule has 0 radical (unpaired) electrons. The van der Waals surface area contributed by atoms with Crippen LogP contribution in [0.25, 0.3) is 0 Å². The summed E-state index contributed by atoms with van der Waals surface area (Å²) in [7, 11) is 0. The number of benzene rings is 1. The molecule has 8 nitrogen and oxygen atoms in total. The number of nitrogens with one attached hydrogen (secondary N) is 2. The predicted octanol–water partition coefficient (Wildman–Crippen LogP) is 4.53. The van der Waals surface area contributed by atoms with Crippen LogP contribution < -0.4 is 10.1 Å². The lowest BCUT2D eigenvalue weighted by Crippen LogP contribution is -2.58. The largest absolute Gasteiger partial charge is 0.493 e. The third-order valence-corrected chi connectivity index (χ3v) is 6.69. The Morgan fingerprint density at radius 3 is 2.53 bits per heavy atom. The van der Waals surface area contributed by atoms with E-state index in [1.165, 1.54) is 12.1 Å². The number of thiophene rings is 1. The van der Waals surface area contributed by atoms with Crippen molar-refractivity contribution in [2.45, 2.75) is 57.7 Å². The summed E-state index contributed by atoms with van der Waals surface area (Å²) in [6, 6.07) is 5.96. The first-order valence-corrected chi connectivity index (χ1v) is 12.1. The van der Waals surface area contributed by atoms with Gasteiger partial charge in [0.05, 0.1) is 17.9 Å². The molecule has 1 amide bonds. The first kappa shape index (κ1) is 27.2. The van der Waals surface area contributed by atoms with Gasteiger partial charge in [0.25, 0.3) is 0 Å². The number of unbranched alkanes of at least 4 members (excludes halogenated alkanes) is 1. The zero-order valence-electron chi connectivity index (χ0n) is 19.6. The molecule has 2 heterocycles. The number of carbonyl (C=O) groups is 2. The summed E-state index contributed by atoms with van der Waals surface area (Å²) in [5, 5.41) is 14.4. The minimum absolute atomic E-state index is 0.0380. The van der Waals surface area contributed by atoms with E-state index in [1.807, 2.05) is 19.2 Å². The number of H-pyrrole nitrogens is 1. The molecule has 2 N–H and O–H groups in total. The van der Waals surface area contributed by atoms with Crippen molar-refractivity contribution in [2.75, 3.05) is 6.61 Å². The van der Waals surface area contributed by atoms with Gasteiger partial charge in [-0.3, -0.25) is 9.59 Å². The molecule has 3 rings (SSSR count). The standard InChI is InChI=1S/C23H25F4N5O3S/c1-3-5-10-35-14-6-8-16(17(24)11-14)22(23(25,26)27,28-21(34)12-20-29-31-32-30-20)13-18(33)19-9-7-15(4-2)36-19/h6-9,11H,3-5,10,12-13H2,1-2H3,(H,28,34)(H,29,30,31,32). The maximum Gasteiger partial charge on any atom is 0.416 e. The van der Waals surface area contributed by atoms with Crippen LogP contribution in [0.5, 0.6) is 5.75 Å². The number of hydrogen-bond acceptors (Lipinski definition) is 7. The molecular weight excluding hydrogens is 502 g/mol. The van der Waals surface area contributed by atoms with E-state index >= 15 is 4.39 Å². The monoisotopic (exact) mass is 527 g/mol. The van der Waals surface area contributed by atoms with Crippen LogP contribution in [0.15, 0.2) is 30.3 Å². The molecule has 194 valence electrons. The average molecular weight is 528 g/mol. The van der Waals surface area contributed by atoms with Crippen molar-refractivity contribution in [3.05, 3.63) is 57.3 Å². The number of aryl methyl sites for hydroxylation is 1. The third-order valence-electron chi connectivity index (χ3n) is 5.42. The fourth-order valence-corrected chi connectivity index (χ4v) is 4.41. The van der Waals surface area contributed by atoms with Gasteiger partial charge in [0, 0.05) is 22.9 Å². The predicted molar refractivity (Wildman–Crippen MR) is 123 cm³/mol. The van der Waals surface area contributed by atoms with Crippen molar-refractivity contribution in [3.8, 4) is 5.75 Å². The fraction of sp³-hybridized carbons (Fsp3) is 0.435. The second-order valence-corrected chi connectivity index (χ2v) is 9.19. The van der Waals surface area contributed by atoms with Crippen LogP contribution in [0, 0.1) is 5.82 Å². The highest BCUT2D eigenvalue weighted by Gasteiger charge is 2.59. The maximum absolute atomic E-state index is 15.2. The van der Waals surface area contributed by atoms with Crippen molar-refractivity contribution >= 4 is 23.0 Å². The molecule has 0 saturated carbocycles. The number of halogens is 4. The van der Waals surface area contributed by atoms with E-state index in [0.29, 0.717) is 12.8 Å². The molecule has 0 aliphatic rings. The van der Waals surface area contributed by atoms with E-state index in [9.17, 15) is 22.8 Å².